The van der Waals surface area contributed by atoms with E-state index in [1.165, 1.54) is 17.0 Å². The first kappa shape index (κ1) is 17.3. The normalized spacial score (nSPS) is 12.0. The van der Waals surface area contributed by atoms with Crippen molar-refractivity contribution in [1.82, 2.24) is 4.90 Å². The van der Waals surface area contributed by atoms with Crippen LogP contribution in [0.2, 0.25) is 0 Å². The number of sulfone groups is 1. The second-order valence-corrected chi connectivity index (χ2v) is 6.18. The third-order valence-corrected chi connectivity index (χ3v) is 4.32. The fourth-order valence-corrected chi connectivity index (χ4v) is 2.14. The summed E-state index contributed by atoms with van der Waals surface area (Å²) in [5.41, 5.74) is -4.98. The second-order valence-electron chi connectivity index (χ2n) is 4.24. The summed E-state index contributed by atoms with van der Waals surface area (Å²) in [6.07, 6.45) is 0. The number of nitrogens with one attached hydrogen (secondary N) is 1. The molecular formula is C12H15F3N2O3S. The van der Waals surface area contributed by atoms with E-state index in [-0.39, 0.29) is 12.5 Å². The number of benzene rings is 1. The fourth-order valence-electron chi connectivity index (χ4n) is 1.37. The lowest BCUT2D eigenvalue weighted by Gasteiger charge is -2.15. The van der Waals surface area contributed by atoms with Crippen molar-refractivity contribution < 1.29 is 26.4 Å². The zero-order valence-electron chi connectivity index (χ0n) is 11.4. The fraction of sp³-hybridized carbons (Fsp3) is 0.417. The standard InChI is InChI=1S/C12H15F3N2O3S/c1-3-17(2)11(18)8-16-9-4-6-10(7-5-9)21(19,20)12(13,14)15/h4-7,16H,3,8H2,1-2H3. The van der Waals surface area contributed by atoms with Gasteiger partial charge in [-0.25, -0.2) is 8.42 Å². The Bertz CT molecular complexity index is 597. The number of halogens is 3. The van der Waals surface area contributed by atoms with Crippen molar-refractivity contribution in [3.8, 4) is 0 Å². The first-order valence-corrected chi connectivity index (χ1v) is 7.47. The minimum absolute atomic E-state index is 0.0320. The molecule has 0 heterocycles. The molecule has 0 aromatic heterocycles. The topological polar surface area (TPSA) is 66.5 Å². The van der Waals surface area contributed by atoms with Crippen LogP contribution in [0.15, 0.2) is 29.2 Å². The van der Waals surface area contributed by atoms with E-state index >= 15 is 0 Å². The van der Waals surface area contributed by atoms with Crippen LogP contribution in [0.5, 0.6) is 0 Å². The van der Waals surface area contributed by atoms with E-state index in [4.69, 9.17) is 0 Å². The number of carbonyl (C=O) groups excluding carboxylic acids is 1. The number of likely N-dealkylation sites (N-methyl/N-ethyl adjacent to an activating group) is 1. The van der Waals surface area contributed by atoms with E-state index in [1.807, 2.05) is 0 Å². The van der Waals surface area contributed by atoms with Gasteiger partial charge >= 0.3 is 5.51 Å². The van der Waals surface area contributed by atoms with Gasteiger partial charge in [0.25, 0.3) is 9.84 Å². The minimum atomic E-state index is -5.34. The number of alkyl halides is 3. The van der Waals surface area contributed by atoms with Crippen LogP contribution in [-0.4, -0.2) is 44.9 Å². The van der Waals surface area contributed by atoms with Crippen LogP contribution >= 0.6 is 0 Å². The van der Waals surface area contributed by atoms with Gasteiger partial charge in [-0.05, 0) is 31.2 Å². The predicted molar refractivity (Wildman–Crippen MR) is 71.5 cm³/mol. The molecule has 0 atom stereocenters. The molecule has 0 spiro atoms. The summed E-state index contributed by atoms with van der Waals surface area (Å²) >= 11 is 0. The van der Waals surface area contributed by atoms with Crippen molar-refractivity contribution in [3.05, 3.63) is 24.3 Å². The van der Waals surface area contributed by atoms with Gasteiger partial charge in [-0.1, -0.05) is 0 Å². The van der Waals surface area contributed by atoms with E-state index in [0.717, 1.165) is 12.1 Å². The Labute approximate surface area is 120 Å². The van der Waals surface area contributed by atoms with Crippen molar-refractivity contribution in [2.45, 2.75) is 17.3 Å². The summed E-state index contributed by atoms with van der Waals surface area (Å²) in [6, 6.07) is 4.05. The molecule has 1 amide bonds. The monoisotopic (exact) mass is 324 g/mol. The Morgan fingerprint density at radius 3 is 2.19 bits per heavy atom. The Morgan fingerprint density at radius 1 is 1.24 bits per heavy atom. The lowest BCUT2D eigenvalue weighted by Crippen LogP contribution is -2.31. The first-order chi connectivity index (χ1) is 9.59. The van der Waals surface area contributed by atoms with Crippen LogP contribution in [0.25, 0.3) is 0 Å². The van der Waals surface area contributed by atoms with Gasteiger partial charge in [-0.15, -0.1) is 0 Å². The lowest BCUT2D eigenvalue weighted by molar-refractivity contribution is -0.127. The molecule has 0 radical (unpaired) electrons. The number of anilines is 1. The van der Waals surface area contributed by atoms with Crippen LogP contribution in [0.3, 0.4) is 0 Å². The first-order valence-electron chi connectivity index (χ1n) is 5.99. The molecule has 0 aliphatic carbocycles. The molecule has 0 saturated heterocycles. The van der Waals surface area contributed by atoms with Crippen LogP contribution in [-0.2, 0) is 14.6 Å². The average molecular weight is 324 g/mol. The largest absolute Gasteiger partial charge is 0.501 e. The second kappa shape index (κ2) is 6.33. The predicted octanol–water partition coefficient (Wildman–Crippen LogP) is 1.87. The molecule has 9 heteroatoms. The Kier molecular flexibility index (Phi) is 5.21. The van der Waals surface area contributed by atoms with Crippen LogP contribution in [0.1, 0.15) is 6.92 Å². The van der Waals surface area contributed by atoms with Crippen LogP contribution < -0.4 is 5.32 Å². The Morgan fingerprint density at radius 2 is 1.76 bits per heavy atom. The van der Waals surface area contributed by atoms with Gasteiger partial charge in [0.2, 0.25) is 5.91 Å². The van der Waals surface area contributed by atoms with Crippen molar-refractivity contribution in [2.24, 2.45) is 0 Å². The number of rotatable bonds is 5. The molecule has 0 unspecified atom stereocenters. The van der Waals surface area contributed by atoms with Gasteiger partial charge in [0.1, 0.15) is 0 Å². The molecule has 5 nitrogen and oxygen atoms in total. The lowest BCUT2D eigenvalue weighted by atomic mass is 10.3. The molecular weight excluding hydrogens is 309 g/mol. The molecule has 0 saturated carbocycles. The van der Waals surface area contributed by atoms with Crippen molar-refractivity contribution in [3.63, 3.8) is 0 Å². The number of carbonyl (C=O) groups is 1. The maximum Gasteiger partial charge on any atom is 0.501 e. The SMILES string of the molecule is CCN(C)C(=O)CNc1ccc(S(=O)(=O)C(F)(F)F)cc1. The minimum Gasteiger partial charge on any atom is -0.376 e. The Balaban J connectivity index is 2.78. The third kappa shape index (κ3) is 4.10. The van der Waals surface area contributed by atoms with Gasteiger partial charge in [0.05, 0.1) is 11.4 Å². The van der Waals surface area contributed by atoms with Gasteiger partial charge in [0.15, 0.2) is 0 Å². The molecule has 0 aliphatic heterocycles. The number of nitrogens with zero attached hydrogens (tertiary/aromatic N) is 1. The number of amides is 1. The molecule has 1 rings (SSSR count). The quantitative estimate of drug-likeness (QED) is 0.898. The highest BCUT2D eigenvalue weighted by Gasteiger charge is 2.46. The maximum absolute atomic E-state index is 12.3. The highest BCUT2D eigenvalue weighted by Crippen LogP contribution is 2.30. The van der Waals surface area contributed by atoms with E-state index in [0.29, 0.717) is 12.2 Å². The zero-order valence-corrected chi connectivity index (χ0v) is 12.3. The summed E-state index contributed by atoms with van der Waals surface area (Å²) in [7, 11) is -3.73. The van der Waals surface area contributed by atoms with E-state index in [2.05, 4.69) is 5.32 Å². The summed E-state index contributed by atoms with van der Waals surface area (Å²) in [6.45, 7) is 2.30. The molecule has 21 heavy (non-hydrogen) atoms. The van der Waals surface area contributed by atoms with Crippen molar-refractivity contribution in [2.75, 3.05) is 25.5 Å². The molecule has 0 aliphatic rings. The maximum atomic E-state index is 12.3. The van der Waals surface area contributed by atoms with Crippen LogP contribution in [0, 0.1) is 0 Å². The zero-order chi connectivity index (χ0) is 16.3. The molecule has 1 aromatic rings. The number of hydrogen-bond acceptors (Lipinski definition) is 4. The third-order valence-electron chi connectivity index (χ3n) is 2.81. The highest BCUT2D eigenvalue weighted by molar-refractivity contribution is 7.92. The van der Waals surface area contributed by atoms with Crippen LogP contribution in [0.4, 0.5) is 18.9 Å². The van der Waals surface area contributed by atoms with Crippen molar-refractivity contribution >= 4 is 21.4 Å². The van der Waals surface area contributed by atoms with Gasteiger partial charge < -0.3 is 10.2 Å². The van der Waals surface area contributed by atoms with E-state index in [1.54, 1.807) is 14.0 Å². The highest BCUT2D eigenvalue weighted by atomic mass is 32.2. The summed E-state index contributed by atoms with van der Waals surface area (Å²) in [4.78, 5) is 12.2. The summed E-state index contributed by atoms with van der Waals surface area (Å²) < 4.78 is 59.3. The van der Waals surface area contributed by atoms with E-state index < -0.39 is 20.2 Å². The summed E-state index contributed by atoms with van der Waals surface area (Å²) in [5, 5.41) is 2.71. The van der Waals surface area contributed by atoms with Gasteiger partial charge in [-0.2, -0.15) is 13.2 Å². The average Bonchev–Trinajstić information content (AvgIpc) is 2.43. The molecule has 1 N–H and O–H groups in total. The smallest absolute Gasteiger partial charge is 0.376 e. The molecule has 1 aromatic carbocycles. The van der Waals surface area contributed by atoms with E-state index in [9.17, 15) is 26.4 Å². The number of hydrogen-bond donors (Lipinski definition) is 1. The van der Waals surface area contributed by atoms with Gasteiger partial charge in [-0.3, -0.25) is 4.79 Å². The molecule has 0 fully saturated rings. The van der Waals surface area contributed by atoms with Crippen molar-refractivity contribution in [1.29, 1.82) is 0 Å². The molecule has 0 bridgehead atoms. The Hall–Kier alpha value is -1.77. The molecule has 118 valence electrons. The summed E-state index contributed by atoms with van der Waals surface area (Å²) in [5.74, 6) is -0.190. The van der Waals surface area contributed by atoms with Gasteiger partial charge in [0, 0.05) is 19.3 Å².